The summed E-state index contributed by atoms with van der Waals surface area (Å²) in [7, 11) is 0. The second-order valence-electron chi connectivity index (χ2n) is 4.41. The quantitative estimate of drug-likeness (QED) is 0.750. The molecule has 4 nitrogen and oxygen atoms in total. The number of aromatic nitrogens is 2. The second kappa shape index (κ2) is 4.22. The molecule has 3 rings (SSSR count). The zero-order chi connectivity index (χ0) is 11.7. The van der Waals surface area contributed by atoms with Crippen LogP contribution in [-0.2, 0) is 6.54 Å². The standard InChI is InChI=1S/C13H16N4/c14-8-11-12(9-4-2-1-3-5-9)13(17-16-11)15-10-6-7-10/h1-5,10H,6-8,14H2,(H2,15,16,17). The number of hydrogen-bond acceptors (Lipinski definition) is 3. The highest BCUT2D eigenvalue weighted by Gasteiger charge is 2.24. The molecule has 17 heavy (non-hydrogen) atoms. The topological polar surface area (TPSA) is 66.7 Å². The average Bonchev–Trinajstić information content (AvgIpc) is 3.09. The SMILES string of the molecule is NCc1[nH]nc(NC2CC2)c1-c1ccccc1. The van der Waals surface area contributed by atoms with Gasteiger partial charge in [-0.2, -0.15) is 5.10 Å². The average molecular weight is 228 g/mol. The van der Waals surface area contributed by atoms with Crippen molar-refractivity contribution in [2.75, 3.05) is 5.32 Å². The summed E-state index contributed by atoms with van der Waals surface area (Å²) in [4.78, 5) is 0. The highest BCUT2D eigenvalue weighted by Crippen LogP contribution is 2.33. The zero-order valence-electron chi connectivity index (χ0n) is 9.61. The van der Waals surface area contributed by atoms with E-state index in [4.69, 9.17) is 5.73 Å². The molecule has 1 saturated carbocycles. The summed E-state index contributed by atoms with van der Waals surface area (Å²) in [6, 6.07) is 10.8. The number of nitrogens with two attached hydrogens (primary N) is 1. The Morgan fingerprint density at radius 1 is 1.29 bits per heavy atom. The van der Waals surface area contributed by atoms with E-state index in [9.17, 15) is 0 Å². The van der Waals surface area contributed by atoms with Crippen LogP contribution in [0.3, 0.4) is 0 Å². The first-order chi connectivity index (χ1) is 8.38. The van der Waals surface area contributed by atoms with Gasteiger partial charge in [0.2, 0.25) is 0 Å². The minimum atomic E-state index is 0.476. The Bertz CT molecular complexity index is 499. The third-order valence-corrected chi connectivity index (χ3v) is 3.03. The van der Waals surface area contributed by atoms with Crippen molar-refractivity contribution < 1.29 is 0 Å². The van der Waals surface area contributed by atoms with Crippen LogP contribution in [-0.4, -0.2) is 16.2 Å². The lowest BCUT2D eigenvalue weighted by atomic mass is 10.1. The molecule has 2 aromatic rings. The molecule has 1 aromatic carbocycles. The van der Waals surface area contributed by atoms with E-state index in [1.54, 1.807) is 0 Å². The largest absolute Gasteiger partial charge is 0.365 e. The lowest BCUT2D eigenvalue weighted by molar-refractivity contribution is 0.945. The smallest absolute Gasteiger partial charge is 0.156 e. The van der Waals surface area contributed by atoms with E-state index < -0.39 is 0 Å². The Kier molecular flexibility index (Phi) is 2.57. The molecule has 0 aliphatic heterocycles. The normalized spacial score (nSPS) is 14.9. The van der Waals surface area contributed by atoms with Gasteiger partial charge in [-0.15, -0.1) is 0 Å². The molecule has 0 radical (unpaired) electrons. The fourth-order valence-electron chi connectivity index (χ4n) is 1.97. The van der Waals surface area contributed by atoms with Crippen LogP contribution in [0.15, 0.2) is 30.3 Å². The molecule has 0 amide bonds. The number of aromatic amines is 1. The van der Waals surface area contributed by atoms with Gasteiger partial charge >= 0.3 is 0 Å². The molecule has 0 atom stereocenters. The minimum Gasteiger partial charge on any atom is -0.365 e. The molecule has 1 aliphatic carbocycles. The van der Waals surface area contributed by atoms with E-state index in [0.717, 1.165) is 22.6 Å². The van der Waals surface area contributed by atoms with E-state index in [-0.39, 0.29) is 0 Å². The molecule has 4 N–H and O–H groups in total. The van der Waals surface area contributed by atoms with E-state index in [2.05, 4.69) is 27.6 Å². The maximum Gasteiger partial charge on any atom is 0.156 e. The molecule has 0 unspecified atom stereocenters. The van der Waals surface area contributed by atoms with Crippen molar-refractivity contribution in [1.29, 1.82) is 0 Å². The number of anilines is 1. The van der Waals surface area contributed by atoms with E-state index in [1.165, 1.54) is 12.8 Å². The molecule has 0 saturated heterocycles. The van der Waals surface area contributed by atoms with E-state index in [0.29, 0.717) is 12.6 Å². The van der Waals surface area contributed by atoms with Crippen LogP contribution in [0.1, 0.15) is 18.5 Å². The molecular weight excluding hydrogens is 212 g/mol. The van der Waals surface area contributed by atoms with Crippen molar-refractivity contribution >= 4 is 5.82 Å². The highest BCUT2D eigenvalue weighted by molar-refractivity contribution is 5.77. The fourth-order valence-corrected chi connectivity index (χ4v) is 1.97. The van der Waals surface area contributed by atoms with Gasteiger partial charge in [-0.1, -0.05) is 30.3 Å². The predicted molar refractivity (Wildman–Crippen MR) is 68.6 cm³/mol. The number of H-pyrrole nitrogens is 1. The molecule has 88 valence electrons. The van der Waals surface area contributed by atoms with E-state index in [1.807, 2.05) is 18.2 Å². The van der Waals surface area contributed by atoms with Crippen molar-refractivity contribution in [3.05, 3.63) is 36.0 Å². The molecule has 1 fully saturated rings. The summed E-state index contributed by atoms with van der Waals surface area (Å²) in [6.45, 7) is 0.476. The van der Waals surface area contributed by atoms with E-state index >= 15 is 0 Å². The van der Waals surface area contributed by atoms with Crippen LogP contribution in [0.2, 0.25) is 0 Å². The maximum atomic E-state index is 5.75. The molecule has 0 spiro atoms. The monoisotopic (exact) mass is 228 g/mol. The first-order valence-corrected chi connectivity index (χ1v) is 5.97. The van der Waals surface area contributed by atoms with Gasteiger partial charge in [-0.25, -0.2) is 0 Å². The van der Waals surface area contributed by atoms with Gasteiger partial charge in [-0.05, 0) is 18.4 Å². The molecule has 4 heteroatoms. The van der Waals surface area contributed by atoms with Gasteiger partial charge in [0.15, 0.2) is 5.82 Å². The van der Waals surface area contributed by atoms with Crippen molar-refractivity contribution in [3.63, 3.8) is 0 Å². The van der Waals surface area contributed by atoms with Crippen LogP contribution in [0, 0.1) is 0 Å². The van der Waals surface area contributed by atoms with Crippen molar-refractivity contribution in [3.8, 4) is 11.1 Å². The van der Waals surface area contributed by atoms with Crippen molar-refractivity contribution in [2.45, 2.75) is 25.4 Å². The summed E-state index contributed by atoms with van der Waals surface area (Å²) >= 11 is 0. The Labute approximate surface area is 100 Å². The van der Waals surface area contributed by atoms with Crippen LogP contribution in [0.25, 0.3) is 11.1 Å². The van der Waals surface area contributed by atoms with Crippen LogP contribution in [0.5, 0.6) is 0 Å². The fraction of sp³-hybridized carbons (Fsp3) is 0.308. The van der Waals surface area contributed by atoms with Crippen LogP contribution < -0.4 is 11.1 Å². The van der Waals surface area contributed by atoms with Crippen LogP contribution in [0.4, 0.5) is 5.82 Å². The number of nitrogens with zero attached hydrogens (tertiary/aromatic N) is 1. The molecule has 1 heterocycles. The zero-order valence-corrected chi connectivity index (χ0v) is 9.61. The van der Waals surface area contributed by atoms with Gasteiger partial charge in [-0.3, -0.25) is 5.10 Å². The summed E-state index contributed by atoms with van der Waals surface area (Å²) in [5.74, 6) is 0.930. The Hall–Kier alpha value is -1.81. The molecule has 1 aromatic heterocycles. The lowest BCUT2D eigenvalue weighted by Crippen LogP contribution is -2.03. The van der Waals surface area contributed by atoms with Crippen LogP contribution >= 0.6 is 0 Å². The van der Waals surface area contributed by atoms with Crippen molar-refractivity contribution in [1.82, 2.24) is 10.2 Å². The molecule has 1 aliphatic rings. The van der Waals surface area contributed by atoms with Gasteiger partial charge in [0.25, 0.3) is 0 Å². The lowest BCUT2D eigenvalue weighted by Gasteiger charge is -2.06. The number of benzene rings is 1. The Balaban J connectivity index is 2.02. The Morgan fingerprint density at radius 3 is 2.71 bits per heavy atom. The molecule has 0 bridgehead atoms. The summed E-state index contributed by atoms with van der Waals surface area (Å²) in [5.41, 5.74) is 9.00. The Morgan fingerprint density at radius 2 is 2.06 bits per heavy atom. The maximum absolute atomic E-state index is 5.75. The van der Waals surface area contributed by atoms with Gasteiger partial charge in [0, 0.05) is 18.2 Å². The van der Waals surface area contributed by atoms with Crippen molar-refractivity contribution in [2.24, 2.45) is 5.73 Å². The highest BCUT2D eigenvalue weighted by atomic mass is 15.2. The summed E-state index contributed by atoms with van der Waals surface area (Å²) < 4.78 is 0. The molecular formula is C13H16N4. The van der Waals surface area contributed by atoms with Gasteiger partial charge in [0.1, 0.15) is 0 Å². The summed E-state index contributed by atoms with van der Waals surface area (Å²) in [6.07, 6.45) is 2.47. The predicted octanol–water partition coefficient (Wildman–Crippen LogP) is 2.11. The third kappa shape index (κ3) is 2.03. The third-order valence-electron chi connectivity index (χ3n) is 3.03. The number of rotatable bonds is 4. The minimum absolute atomic E-state index is 0.476. The summed E-state index contributed by atoms with van der Waals surface area (Å²) in [5, 5.41) is 10.8. The second-order valence-corrected chi connectivity index (χ2v) is 4.41. The number of nitrogens with one attached hydrogen (secondary N) is 2. The number of hydrogen-bond donors (Lipinski definition) is 3. The first-order valence-electron chi connectivity index (χ1n) is 5.97. The first kappa shape index (κ1) is 10.4. The van der Waals surface area contributed by atoms with Gasteiger partial charge in [0.05, 0.1) is 5.69 Å². The van der Waals surface area contributed by atoms with Gasteiger partial charge < -0.3 is 11.1 Å².